The zero-order valence-corrected chi connectivity index (χ0v) is 9.20. The average Bonchev–Trinajstić information content (AvgIpc) is 2.60. The van der Waals surface area contributed by atoms with Gasteiger partial charge in [0.2, 0.25) is 0 Å². The third-order valence-corrected chi connectivity index (χ3v) is 2.48. The second kappa shape index (κ2) is 4.55. The Labute approximate surface area is 102 Å². The van der Waals surface area contributed by atoms with Crippen LogP contribution in [0.2, 0.25) is 0 Å². The third kappa shape index (κ3) is 1.85. The fourth-order valence-electron chi connectivity index (χ4n) is 1.58. The maximum absolute atomic E-state index is 11.8. The van der Waals surface area contributed by atoms with Crippen molar-refractivity contribution in [3.8, 4) is 0 Å². The highest BCUT2D eigenvalue weighted by Crippen LogP contribution is 2.23. The molecule has 2 amide bonds. The molecule has 0 saturated heterocycles. The highest BCUT2D eigenvalue weighted by Gasteiger charge is 2.39. The normalized spacial score (nSPS) is 15.7. The SMILES string of the molecule is NCC(ON1C(=O)c2ccccc2C1=O)C(=O)O. The van der Waals surface area contributed by atoms with Crippen molar-refractivity contribution in [3.05, 3.63) is 35.4 Å². The lowest BCUT2D eigenvalue weighted by molar-refractivity contribution is -0.172. The molecule has 7 nitrogen and oxygen atoms in total. The summed E-state index contributed by atoms with van der Waals surface area (Å²) in [7, 11) is 0. The van der Waals surface area contributed by atoms with Gasteiger partial charge in [-0.3, -0.25) is 9.59 Å². The van der Waals surface area contributed by atoms with E-state index in [0.29, 0.717) is 5.06 Å². The number of carbonyl (C=O) groups is 3. The van der Waals surface area contributed by atoms with Crippen LogP contribution in [-0.2, 0) is 9.63 Å². The van der Waals surface area contributed by atoms with E-state index in [1.54, 1.807) is 12.1 Å². The lowest BCUT2D eigenvalue weighted by atomic mass is 10.1. The van der Waals surface area contributed by atoms with Crippen LogP contribution in [0, 0.1) is 0 Å². The number of imide groups is 1. The summed E-state index contributed by atoms with van der Waals surface area (Å²) >= 11 is 0. The van der Waals surface area contributed by atoms with Crippen LogP contribution in [0.1, 0.15) is 20.7 Å². The molecule has 3 N–H and O–H groups in total. The van der Waals surface area contributed by atoms with Crippen molar-refractivity contribution in [3.63, 3.8) is 0 Å². The number of hydrogen-bond acceptors (Lipinski definition) is 5. The predicted molar refractivity (Wildman–Crippen MR) is 58.5 cm³/mol. The number of benzene rings is 1. The molecule has 1 aliphatic rings. The highest BCUT2D eigenvalue weighted by molar-refractivity contribution is 6.20. The van der Waals surface area contributed by atoms with Crippen molar-refractivity contribution in [1.29, 1.82) is 0 Å². The van der Waals surface area contributed by atoms with Crippen molar-refractivity contribution in [1.82, 2.24) is 5.06 Å². The van der Waals surface area contributed by atoms with Crippen molar-refractivity contribution in [2.45, 2.75) is 6.10 Å². The molecule has 2 rings (SSSR count). The van der Waals surface area contributed by atoms with Crippen molar-refractivity contribution < 1.29 is 24.3 Å². The van der Waals surface area contributed by atoms with E-state index in [1.807, 2.05) is 0 Å². The van der Waals surface area contributed by atoms with Gasteiger partial charge in [0, 0.05) is 6.54 Å². The number of hydroxylamine groups is 2. The van der Waals surface area contributed by atoms with E-state index in [-0.39, 0.29) is 17.7 Å². The van der Waals surface area contributed by atoms with Crippen LogP contribution in [0.4, 0.5) is 0 Å². The van der Waals surface area contributed by atoms with Crippen molar-refractivity contribution in [2.24, 2.45) is 5.73 Å². The van der Waals surface area contributed by atoms with Gasteiger partial charge in [0.1, 0.15) is 0 Å². The molecule has 1 unspecified atom stereocenters. The molecule has 1 aromatic rings. The zero-order chi connectivity index (χ0) is 13.3. The number of hydrogen-bond donors (Lipinski definition) is 2. The van der Waals surface area contributed by atoms with E-state index in [1.165, 1.54) is 12.1 Å². The number of carbonyl (C=O) groups excluding carboxylic acids is 2. The van der Waals surface area contributed by atoms with Crippen LogP contribution in [0.15, 0.2) is 24.3 Å². The summed E-state index contributed by atoms with van der Waals surface area (Å²) in [6, 6.07) is 6.14. The van der Waals surface area contributed by atoms with Crippen LogP contribution in [0.25, 0.3) is 0 Å². The number of carboxylic acid groups (broad SMARTS) is 1. The van der Waals surface area contributed by atoms with Crippen LogP contribution < -0.4 is 5.73 Å². The van der Waals surface area contributed by atoms with Crippen LogP contribution in [0.3, 0.4) is 0 Å². The molecule has 7 heteroatoms. The van der Waals surface area contributed by atoms with Gasteiger partial charge in [-0.05, 0) is 12.1 Å². The lowest BCUT2D eigenvalue weighted by Crippen LogP contribution is -2.41. The van der Waals surface area contributed by atoms with Crippen LogP contribution in [-0.4, -0.2) is 40.6 Å². The molecule has 1 aliphatic heterocycles. The van der Waals surface area contributed by atoms with Crippen molar-refractivity contribution in [2.75, 3.05) is 6.54 Å². The first kappa shape index (κ1) is 12.2. The summed E-state index contributed by atoms with van der Waals surface area (Å²) in [6.45, 7) is -0.345. The molecule has 0 bridgehead atoms. The Bertz CT molecular complexity index is 493. The van der Waals surface area contributed by atoms with Gasteiger partial charge in [-0.2, -0.15) is 0 Å². The van der Waals surface area contributed by atoms with Gasteiger partial charge in [-0.1, -0.05) is 12.1 Å². The van der Waals surface area contributed by atoms with Gasteiger partial charge in [-0.25, -0.2) is 9.63 Å². The number of rotatable bonds is 4. The molecule has 0 saturated carbocycles. The summed E-state index contributed by atoms with van der Waals surface area (Å²) in [5, 5.41) is 9.21. The summed E-state index contributed by atoms with van der Waals surface area (Å²) in [6.07, 6.45) is -1.44. The van der Waals surface area contributed by atoms with E-state index in [4.69, 9.17) is 15.7 Å². The molecular weight excluding hydrogens is 240 g/mol. The van der Waals surface area contributed by atoms with E-state index < -0.39 is 23.9 Å². The number of aliphatic carboxylic acids is 1. The van der Waals surface area contributed by atoms with E-state index >= 15 is 0 Å². The largest absolute Gasteiger partial charge is 0.479 e. The minimum atomic E-state index is -1.44. The summed E-state index contributed by atoms with van der Waals surface area (Å²) in [5.74, 6) is -2.71. The molecule has 1 heterocycles. The fourth-order valence-corrected chi connectivity index (χ4v) is 1.58. The van der Waals surface area contributed by atoms with E-state index in [9.17, 15) is 14.4 Å². The standard InChI is InChI=1S/C11H10N2O5/c12-5-8(11(16)17)18-13-9(14)6-3-1-2-4-7(6)10(13)15/h1-4,8H,5,12H2,(H,16,17). The molecule has 1 aromatic carbocycles. The summed E-state index contributed by atoms with van der Waals surface area (Å²) < 4.78 is 0. The quantitative estimate of drug-likeness (QED) is 0.705. The minimum absolute atomic E-state index is 0.184. The molecule has 0 aliphatic carbocycles. The Morgan fingerprint density at radius 1 is 1.28 bits per heavy atom. The fraction of sp³-hybridized carbons (Fsp3) is 0.182. The van der Waals surface area contributed by atoms with Gasteiger partial charge in [-0.15, -0.1) is 5.06 Å². The van der Waals surface area contributed by atoms with E-state index in [0.717, 1.165) is 0 Å². The Kier molecular flexibility index (Phi) is 3.09. The summed E-state index contributed by atoms with van der Waals surface area (Å²) in [5.41, 5.74) is 5.56. The monoisotopic (exact) mass is 250 g/mol. The van der Waals surface area contributed by atoms with Crippen molar-refractivity contribution >= 4 is 17.8 Å². The molecular formula is C11H10N2O5. The third-order valence-electron chi connectivity index (χ3n) is 2.48. The van der Waals surface area contributed by atoms with Gasteiger partial charge >= 0.3 is 5.97 Å². The second-order valence-corrected chi connectivity index (χ2v) is 3.62. The van der Waals surface area contributed by atoms with Gasteiger partial charge in [0.25, 0.3) is 11.8 Å². The van der Waals surface area contributed by atoms with Gasteiger partial charge in [0.05, 0.1) is 11.1 Å². The maximum atomic E-state index is 11.8. The minimum Gasteiger partial charge on any atom is -0.479 e. The predicted octanol–water partition coefficient (Wildman–Crippen LogP) is -0.374. The first-order valence-corrected chi connectivity index (χ1v) is 5.13. The first-order chi connectivity index (χ1) is 8.56. The van der Waals surface area contributed by atoms with E-state index in [2.05, 4.69) is 0 Å². The highest BCUT2D eigenvalue weighted by atomic mass is 16.7. The van der Waals surface area contributed by atoms with Crippen LogP contribution in [0.5, 0.6) is 0 Å². The molecule has 0 radical (unpaired) electrons. The lowest BCUT2D eigenvalue weighted by Gasteiger charge is -2.17. The second-order valence-electron chi connectivity index (χ2n) is 3.62. The Morgan fingerprint density at radius 3 is 2.17 bits per heavy atom. The number of amides is 2. The molecule has 18 heavy (non-hydrogen) atoms. The summed E-state index contributed by atoms with van der Waals surface area (Å²) in [4.78, 5) is 39.2. The average molecular weight is 250 g/mol. The number of carboxylic acids is 1. The molecule has 94 valence electrons. The molecule has 0 aromatic heterocycles. The molecule has 0 fully saturated rings. The maximum Gasteiger partial charge on any atom is 0.336 e. The van der Waals surface area contributed by atoms with Gasteiger partial charge in [0.15, 0.2) is 6.10 Å². The Balaban J connectivity index is 2.26. The topological polar surface area (TPSA) is 110 Å². The van der Waals surface area contributed by atoms with Gasteiger partial charge < -0.3 is 10.8 Å². The first-order valence-electron chi connectivity index (χ1n) is 5.13. The molecule has 1 atom stereocenters. The smallest absolute Gasteiger partial charge is 0.336 e. The Hall–Kier alpha value is -2.25. The van der Waals surface area contributed by atoms with Crippen LogP contribution >= 0.6 is 0 Å². The molecule has 0 spiro atoms. The Morgan fingerprint density at radius 2 is 1.78 bits per heavy atom. The number of nitrogens with two attached hydrogens (primary N) is 1. The number of nitrogens with zero attached hydrogens (tertiary/aromatic N) is 1. The number of fused-ring (bicyclic) bond motifs is 1. The zero-order valence-electron chi connectivity index (χ0n) is 9.20.